The molecular weight excluding hydrogens is 273 g/mol. The summed E-state index contributed by atoms with van der Waals surface area (Å²) in [4.78, 5) is 2.18. The van der Waals surface area contributed by atoms with E-state index in [4.69, 9.17) is 5.26 Å². The molecule has 1 aromatic carbocycles. The van der Waals surface area contributed by atoms with Gasteiger partial charge >= 0.3 is 0 Å². The molecule has 1 heterocycles. The van der Waals surface area contributed by atoms with Crippen LogP contribution in [0, 0.1) is 28.5 Å². The Kier molecular flexibility index (Phi) is 4.65. The van der Waals surface area contributed by atoms with Crippen LogP contribution >= 0.6 is 11.8 Å². The molecule has 20 heavy (non-hydrogen) atoms. The molecule has 0 amide bonds. The van der Waals surface area contributed by atoms with Gasteiger partial charge in [-0.1, -0.05) is 0 Å². The molecule has 104 valence electrons. The largest absolute Gasteiger partial charge is 0.299 e. The second kappa shape index (κ2) is 6.26. The summed E-state index contributed by atoms with van der Waals surface area (Å²) in [6, 6.07) is 8.77. The van der Waals surface area contributed by atoms with E-state index in [1.54, 1.807) is 11.8 Å². The van der Waals surface area contributed by atoms with Gasteiger partial charge in [-0.05, 0) is 42.9 Å². The first-order valence-electron chi connectivity index (χ1n) is 6.50. The first-order chi connectivity index (χ1) is 9.62. The molecule has 0 aliphatic carbocycles. The van der Waals surface area contributed by atoms with E-state index in [1.807, 2.05) is 6.26 Å². The number of piperidine rings is 1. The fraction of sp³-hybridized carbons (Fsp3) is 0.467. The molecule has 0 N–H and O–H groups in total. The van der Waals surface area contributed by atoms with Gasteiger partial charge in [0, 0.05) is 19.6 Å². The zero-order valence-electron chi connectivity index (χ0n) is 11.4. The zero-order valence-corrected chi connectivity index (χ0v) is 12.2. The van der Waals surface area contributed by atoms with Crippen molar-refractivity contribution in [3.05, 3.63) is 35.1 Å². The van der Waals surface area contributed by atoms with Crippen LogP contribution in [-0.4, -0.2) is 29.0 Å². The van der Waals surface area contributed by atoms with Crippen molar-refractivity contribution in [3.63, 3.8) is 0 Å². The minimum absolute atomic E-state index is 0.281. The van der Waals surface area contributed by atoms with Gasteiger partial charge in [0.2, 0.25) is 0 Å². The van der Waals surface area contributed by atoms with Crippen LogP contribution in [0.25, 0.3) is 0 Å². The van der Waals surface area contributed by atoms with Crippen molar-refractivity contribution in [2.45, 2.75) is 24.1 Å². The monoisotopic (exact) mass is 289 g/mol. The Labute approximate surface area is 123 Å². The maximum Gasteiger partial charge on any atom is 0.123 e. The van der Waals surface area contributed by atoms with E-state index < -0.39 is 0 Å². The Morgan fingerprint density at radius 3 is 2.60 bits per heavy atom. The third-order valence-corrected chi connectivity index (χ3v) is 5.12. The SMILES string of the molecule is CSC1(C#N)CCN(Cc2cc(F)ccc2C#N)CC1. The van der Waals surface area contributed by atoms with E-state index in [0.717, 1.165) is 31.5 Å². The zero-order chi connectivity index (χ0) is 14.6. The molecule has 1 aromatic rings. The Morgan fingerprint density at radius 1 is 1.35 bits per heavy atom. The molecule has 1 aliphatic rings. The number of hydrogen-bond acceptors (Lipinski definition) is 4. The average molecular weight is 289 g/mol. The van der Waals surface area contributed by atoms with E-state index in [9.17, 15) is 9.65 Å². The highest BCUT2D eigenvalue weighted by Gasteiger charge is 2.33. The Bertz CT molecular complexity index is 565. The van der Waals surface area contributed by atoms with E-state index in [1.165, 1.54) is 18.2 Å². The second-order valence-corrected chi connectivity index (χ2v) is 6.19. The summed E-state index contributed by atoms with van der Waals surface area (Å²) in [5.74, 6) is -0.313. The summed E-state index contributed by atoms with van der Waals surface area (Å²) in [7, 11) is 0. The second-order valence-electron chi connectivity index (χ2n) is 5.00. The molecule has 0 radical (unpaired) electrons. The molecule has 0 bridgehead atoms. The molecule has 1 saturated heterocycles. The van der Waals surface area contributed by atoms with Gasteiger partial charge < -0.3 is 0 Å². The maximum absolute atomic E-state index is 13.3. The lowest BCUT2D eigenvalue weighted by Gasteiger charge is -2.36. The summed E-state index contributed by atoms with van der Waals surface area (Å²) in [6.07, 6.45) is 3.59. The van der Waals surface area contributed by atoms with E-state index in [2.05, 4.69) is 17.0 Å². The summed E-state index contributed by atoms with van der Waals surface area (Å²) < 4.78 is 13.0. The lowest BCUT2D eigenvalue weighted by Crippen LogP contribution is -2.41. The number of benzene rings is 1. The predicted molar refractivity (Wildman–Crippen MR) is 77.5 cm³/mol. The van der Waals surface area contributed by atoms with E-state index in [-0.39, 0.29) is 10.6 Å². The number of likely N-dealkylation sites (tertiary alicyclic amines) is 1. The first kappa shape index (κ1) is 14.8. The number of nitrogens with zero attached hydrogens (tertiary/aromatic N) is 3. The predicted octanol–water partition coefficient (Wildman–Crippen LogP) is 2.92. The van der Waals surface area contributed by atoms with Crippen molar-refractivity contribution in [1.29, 1.82) is 10.5 Å². The van der Waals surface area contributed by atoms with Gasteiger partial charge in [0.25, 0.3) is 0 Å². The lowest BCUT2D eigenvalue weighted by molar-refractivity contribution is 0.209. The molecule has 0 saturated carbocycles. The van der Waals surface area contributed by atoms with Crippen LogP contribution in [0.4, 0.5) is 4.39 Å². The third kappa shape index (κ3) is 3.12. The molecule has 0 aromatic heterocycles. The molecule has 1 aliphatic heterocycles. The normalized spacial score (nSPS) is 18.2. The van der Waals surface area contributed by atoms with Crippen LogP contribution in [0.1, 0.15) is 24.0 Å². The fourth-order valence-electron chi connectivity index (χ4n) is 2.48. The quantitative estimate of drug-likeness (QED) is 0.858. The van der Waals surface area contributed by atoms with Gasteiger partial charge in [-0.2, -0.15) is 10.5 Å². The van der Waals surface area contributed by atoms with Crippen molar-refractivity contribution in [2.24, 2.45) is 0 Å². The van der Waals surface area contributed by atoms with E-state index in [0.29, 0.717) is 12.1 Å². The molecular formula is C15H16FN3S. The van der Waals surface area contributed by atoms with Gasteiger partial charge in [0.05, 0.1) is 17.7 Å². The number of hydrogen-bond donors (Lipinski definition) is 0. The lowest BCUT2D eigenvalue weighted by atomic mass is 9.96. The van der Waals surface area contributed by atoms with Crippen LogP contribution in [0.15, 0.2) is 18.2 Å². The molecule has 0 atom stereocenters. The third-order valence-electron chi connectivity index (χ3n) is 3.84. The summed E-state index contributed by atoms with van der Waals surface area (Å²) in [6.45, 7) is 2.17. The van der Waals surface area contributed by atoms with Crippen molar-refractivity contribution in [3.8, 4) is 12.1 Å². The summed E-state index contributed by atoms with van der Waals surface area (Å²) in [5.41, 5.74) is 1.24. The highest BCUT2D eigenvalue weighted by molar-refractivity contribution is 8.00. The minimum Gasteiger partial charge on any atom is -0.299 e. The van der Waals surface area contributed by atoms with Crippen LogP contribution in [0.3, 0.4) is 0 Å². The van der Waals surface area contributed by atoms with Gasteiger partial charge in [-0.3, -0.25) is 4.90 Å². The maximum atomic E-state index is 13.3. The van der Waals surface area contributed by atoms with Gasteiger partial charge in [0.15, 0.2) is 0 Å². The standard InChI is InChI=1S/C15H16FN3S/c1-20-15(11-18)4-6-19(7-5-15)10-13-8-14(16)3-2-12(13)9-17/h2-3,8H,4-7,10H2,1H3. The topological polar surface area (TPSA) is 50.8 Å². The van der Waals surface area contributed by atoms with Crippen LogP contribution in [0.5, 0.6) is 0 Å². The highest BCUT2D eigenvalue weighted by Crippen LogP contribution is 2.34. The number of rotatable bonds is 3. The van der Waals surface area contributed by atoms with E-state index >= 15 is 0 Å². The van der Waals surface area contributed by atoms with Crippen LogP contribution < -0.4 is 0 Å². The summed E-state index contributed by atoms with van der Waals surface area (Å²) >= 11 is 1.61. The fourth-order valence-corrected chi connectivity index (χ4v) is 3.16. The molecule has 0 spiro atoms. The van der Waals surface area contributed by atoms with Crippen LogP contribution in [-0.2, 0) is 6.54 Å². The Balaban J connectivity index is 2.05. The minimum atomic E-state index is -0.313. The Morgan fingerprint density at radius 2 is 2.05 bits per heavy atom. The molecule has 0 unspecified atom stereocenters. The van der Waals surface area contributed by atoms with Gasteiger partial charge in [-0.25, -0.2) is 4.39 Å². The average Bonchev–Trinajstić information content (AvgIpc) is 2.49. The highest BCUT2D eigenvalue weighted by atomic mass is 32.2. The smallest absolute Gasteiger partial charge is 0.123 e. The molecule has 3 nitrogen and oxygen atoms in total. The molecule has 1 fully saturated rings. The van der Waals surface area contributed by atoms with Crippen molar-refractivity contribution >= 4 is 11.8 Å². The summed E-state index contributed by atoms with van der Waals surface area (Å²) in [5, 5.41) is 18.3. The molecule has 5 heteroatoms. The number of halogens is 1. The van der Waals surface area contributed by atoms with Gasteiger partial charge in [0.1, 0.15) is 10.6 Å². The van der Waals surface area contributed by atoms with Crippen molar-refractivity contribution < 1.29 is 4.39 Å². The molecule has 2 rings (SSSR count). The van der Waals surface area contributed by atoms with Crippen molar-refractivity contribution in [1.82, 2.24) is 4.90 Å². The number of thioether (sulfide) groups is 1. The Hall–Kier alpha value is -1.56. The van der Waals surface area contributed by atoms with Crippen LogP contribution in [0.2, 0.25) is 0 Å². The number of nitriles is 2. The van der Waals surface area contributed by atoms with Crippen molar-refractivity contribution in [2.75, 3.05) is 19.3 Å². The van der Waals surface area contributed by atoms with Gasteiger partial charge in [-0.15, -0.1) is 11.8 Å². The first-order valence-corrected chi connectivity index (χ1v) is 7.72.